The highest BCUT2D eigenvalue weighted by Gasteiger charge is 2.11. The predicted molar refractivity (Wildman–Crippen MR) is 68.0 cm³/mol. The Kier molecular flexibility index (Phi) is 2.34. The van der Waals surface area contributed by atoms with Crippen LogP contribution in [0.2, 0.25) is 10.4 Å². The molecule has 1 aromatic carbocycles. The van der Waals surface area contributed by atoms with Crippen molar-refractivity contribution in [2.75, 3.05) is 7.11 Å². The Bertz CT molecular complexity index is 723. The average molecular weight is 268 g/mol. The standard InChI is InChI=1S/C11H7Cl2N3O/c1-17-5-2-3-6-7(4-5)14-9-8(6)15-11(13)16-10(9)12/h2-4,14H,1H3. The Morgan fingerprint density at radius 2 is 2.06 bits per heavy atom. The molecule has 3 rings (SSSR count). The van der Waals surface area contributed by atoms with Crippen LogP contribution in [0.25, 0.3) is 21.9 Å². The molecule has 2 heterocycles. The van der Waals surface area contributed by atoms with Gasteiger partial charge in [0.25, 0.3) is 0 Å². The Hall–Kier alpha value is -1.52. The molecule has 0 atom stereocenters. The third kappa shape index (κ3) is 1.61. The molecule has 0 fully saturated rings. The van der Waals surface area contributed by atoms with E-state index in [4.69, 9.17) is 27.9 Å². The van der Waals surface area contributed by atoms with Crippen molar-refractivity contribution < 1.29 is 4.74 Å². The van der Waals surface area contributed by atoms with E-state index in [1.54, 1.807) is 7.11 Å². The van der Waals surface area contributed by atoms with Gasteiger partial charge in [0.05, 0.1) is 12.6 Å². The first-order chi connectivity index (χ1) is 8.19. The number of nitrogens with zero attached hydrogens (tertiary/aromatic N) is 2. The highest BCUT2D eigenvalue weighted by molar-refractivity contribution is 6.36. The van der Waals surface area contributed by atoms with Gasteiger partial charge < -0.3 is 9.72 Å². The summed E-state index contributed by atoms with van der Waals surface area (Å²) in [4.78, 5) is 11.2. The molecular formula is C11H7Cl2N3O. The zero-order valence-corrected chi connectivity index (χ0v) is 10.3. The molecule has 0 saturated heterocycles. The highest BCUT2D eigenvalue weighted by atomic mass is 35.5. The molecule has 0 unspecified atom stereocenters. The maximum absolute atomic E-state index is 6.01. The summed E-state index contributed by atoms with van der Waals surface area (Å²) in [6.07, 6.45) is 0. The lowest BCUT2D eigenvalue weighted by molar-refractivity contribution is 0.415. The summed E-state index contributed by atoms with van der Waals surface area (Å²) in [5, 5.41) is 1.39. The zero-order chi connectivity index (χ0) is 12.0. The summed E-state index contributed by atoms with van der Waals surface area (Å²) < 4.78 is 5.16. The summed E-state index contributed by atoms with van der Waals surface area (Å²) in [5.41, 5.74) is 2.28. The van der Waals surface area contributed by atoms with Gasteiger partial charge in [0, 0.05) is 11.5 Å². The van der Waals surface area contributed by atoms with Crippen molar-refractivity contribution in [1.82, 2.24) is 15.0 Å². The third-order valence-electron chi connectivity index (χ3n) is 2.58. The number of ether oxygens (including phenoxy) is 1. The van der Waals surface area contributed by atoms with Crippen LogP contribution in [-0.2, 0) is 0 Å². The molecule has 4 nitrogen and oxygen atoms in total. The number of hydrogen-bond donors (Lipinski definition) is 1. The number of rotatable bonds is 1. The number of nitrogens with one attached hydrogen (secondary N) is 1. The van der Waals surface area contributed by atoms with Crippen LogP contribution in [0, 0.1) is 0 Å². The minimum absolute atomic E-state index is 0.138. The van der Waals surface area contributed by atoms with Crippen LogP contribution in [0.4, 0.5) is 0 Å². The van der Waals surface area contributed by atoms with Crippen LogP contribution >= 0.6 is 23.2 Å². The molecule has 17 heavy (non-hydrogen) atoms. The van der Waals surface area contributed by atoms with Gasteiger partial charge in [-0.3, -0.25) is 0 Å². The van der Waals surface area contributed by atoms with E-state index >= 15 is 0 Å². The van der Waals surface area contributed by atoms with E-state index in [-0.39, 0.29) is 5.28 Å². The topological polar surface area (TPSA) is 50.8 Å². The van der Waals surface area contributed by atoms with Gasteiger partial charge in [0.15, 0.2) is 5.15 Å². The molecule has 0 aliphatic rings. The van der Waals surface area contributed by atoms with Gasteiger partial charge in [-0.1, -0.05) is 11.6 Å². The molecule has 0 saturated carbocycles. The van der Waals surface area contributed by atoms with E-state index in [9.17, 15) is 0 Å². The van der Waals surface area contributed by atoms with Gasteiger partial charge >= 0.3 is 0 Å². The Balaban J connectivity index is 2.45. The number of hydrogen-bond acceptors (Lipinski definition) is 3. The fourth-order valence-electron chi connectivity index (χ4n) is 1.81. The smallest absolute Gasteiger partial charge is 0.224 e. The fourth-order valence-corrected chi connectivity index (χ4v) is 2.24. The van der Waals surface area contributed by atoms with Crippen molar-refractivity contribution >= 4 is 45.1 Å². The predicted octanol–water partition coefficient (Wildman–Crippen LogP) is 3.43. The van der Waals surface area contributed by atoms with Gasteiger partial charge in [-0.15, -0.1) is 0 Å². The highest BCUT2D eigenvalue weighted by Crippen LogP contribution is 2.30. The van der Waals surface area contributed by atoms with Crippen LogP contribution in [0.3, 0.4) is 0 Å². The van der Waals surface area contributed by atoms with E-state index in [1.165, 1.54) is 0 Å². The lowest BCUT2D eigenvalue weighted by Crippen LogP contribution is -1.84. The van der Waals surface area contributed by atoms with Gasteiger partial charge in [-0.25, -0.2) is 9.97 Å². The van der Waals surface area contributed by atoms with E-state index in [0.29, 0.717) is 16.2 Å². The molecule has 0 radical (unpaired) electrons. The number of halogens is 2. The normalized spacial score (nSPS) is 11.2. The zero-order valence-electron chi connectivity index (χ0n) is 8.79. The minimum Gasteiger partial charge on any atom is -0.497 e. The fraction of sp³-hybridized carbons (Fsp3) is 0.0909. The monoisotopic (exact) mass is 267 g/mol. The molecule has 6 heteroatoms. The average Bonchev–Trinajstić information content (AvgIpc) is 2.67. The maximum Gasteiger partial charge on any atom is 0.224 e. The second kappa shape index (κ2) is 3.75. The molecule has 1 N–H and O–H groups in total. The number of fused-ring (bicyclic) bond motifs is 3. The quantitative estimate of drug-likeness (QED) is 0.543. The lowest BCUT2D eigenvalue weighted by Gasteiger charge is -1.97. The SMILES string of the molecule is COc1ccc2c(c1)[nH]c1c(Cl)nc(Cl)nc12. The van der Waals surface area contributed by atoms with Crippen molar-refractivity contribution in [3.8, 4) is 5.75 Å². The first-order valence-corrected chi connectivity index (χ1v) is 5.63. The van der Waals surface area contributed by atoms with Crippen molar-refractivity contribution in [3.05, 3.63) is 28.6 Å². The van der Waals surface area contributed by atoms with E-state index in [1.807, 2.05) is 18.2 Å². The molecule has 0 bridgehead atoms. The van der Waals surface area contributed by atoms with Crippen LogP contribution < -0.4 is 4.74 Å². The van der Waals surface area contributed by atoms with Gasteiger partial charge in [0.2, 0.25) is 5.28 Å². The van der Waals surface area contributed by atoms with Gasteiger partial charge in [-0.2, -0.15) is 0 Å². The van der Waals surface area contributed by atoms with Crippen LogP contribution in [0.1, 0.15) is 0 Å². The summed E-state index contributed by atoms with van der Waals surface area (Å²) in [5.74, 6) is 0.763. The van der Waals surface area contributed by atoms with Crippen molar-refractivity contribution in [2.24, 2.45) is 0 Å². The lowest BCUT2D eigenvalue weighted by atomic mass is 10.2. The van der Waals surface area contributed by atoms with Gasteiger partial charge in [-0.05, 0) is 23.7 Å². The van der Waals surface area contributed by atoms with E-state index in [0.717, 1.165) is 16.7 Å². The molecule has 86 valence electrons. The van der Waals surface area contributed by atoms with E-state index < -0.39 is 0 Å². The van der Waals surface area contributed by atoms with Crippen molar-refractivity contribution in [2.45, 2.75) is 0 Å². The third-order valence-corrected chi connectivity index (χ3v) is 3.02. The second-order valence-corrected chi connectivity index (χ2v) is 4.24. The second-order valence-electron chi connectivity index (χ2n) is 3.54. The number of H-pyrrole nitrogens is 1. The summed E-state index contributed by atoms with van der Waals surface area (Å²) in [6.45, 7) is 0. The summed E-state index contributed by atoms with van der Waals surface area (Å²) >= 11 is 11.8. The number of methoxy groups -OCH3 is 1. The first-order valence-electron chi connectivity index (χ1n) is 4.87. The van der Waals surface area contributed by atoms with Crippen molar-refractivity contribution in [1.29, 1.82) is 0 Å². The molecule has 0 aliphatic carbocycles. The number of benzene rings is 1. The van der Waals surface area contributed by atoms with E-state index in [2.05, 4.69) is 15.0 Å². The Morgan fingerprint density at radius 1 is 1.24 bits per heavy atom. The Morgan fingerprint density at radius 3 is 2.82 bits per heavy atom. The molecule has 0 amide bonds. The molecular weight excluding hydrogens is 261 g/mol. The largest absolute Gasteiger partial charge is 0.497 e. The number of aromatic nitrogens is 3. The molecule has 2 aromatic heterocycles. The summed E-state index contributed by atoms with van der Waals surface area (Å²) in [6, 6.07) is 5.65. The van der Waals surface area contributed by atoms with Gasteiger partial charge in [0.1, 0.15) is 16.8 Å². The maximum atomic E-state index is 6.01. The van der Waals surface area contributed by atoms with Crippen molar-refractivity contribution in [3.63, 3.8) is 0 Å². The minimum atomic E-state index is 0.138. The molecule has 0 aliphatic heterocycles. The van der Waals surface area contributed by atoms with Crippen LogP contribution in [0.5, 0.6) is 5.75 Å². The molecule has 0 spiro atoms. The van der Waals surface area contributed by atoms with Crippen LogP contribution in [-0.4, -0.2) is 22.1 Å². The Labute approximate surface area is 107 Å². The molecule has 3 aromatic rings. The number of aromatic amines is 1. The first kappa shape index (κ1) is 10.6. The summed E-state index contributed by atoms with van der Waals surface area (Å²) in [7, 11) is 1.62. The van der Waals surface area contributed by atoms with Crippen LogP contribution in [0.15, 0.2) is 18.2 Å².